The second-order valence-corrected chi connectivity index (χ2v) is 14.0. The highest BCUT2D eigenvalue weighted by Gasteiger charge is 2.16. The lowest BCUT2D eigenvalue weighted by atomic mass is 10.0. The number of hydrogen-bond donors (Lipinski definition) is 2. The van der Waals surface area contributed by atoms with Gasteiger partial charge in [0, 0.05) is 12.8 Å². The first-order valence-electron chi connectivity index (χ1n) is 20.1. The lowest BCUT2D eigenvalue weighted by molar-refractivity contribution is -0.161. The number of hydrogen-bond acceptors (Lipinski definition) is 6. The van der Waals surface area contributed by atoms with E-state index in [1.54, 1.807) is 0 Å². The summed E-state index contributed by atoms with van der Waals surface area (Å²) in [6.07, 6.45) is 42.3. The average molecular weight is 689 g/mol. The SMILES string of the molecule is CCCC[C@@H](O)/C=C\C/C=C\C/C=C\C/C=C\CCCC(=O)O[C@@H](CO)COC(=O)CCCCCCCCCCCCCCCCC(C)C. The van der Waals surface area contributed by atoms with Gasteiger partial charge >= 0.3 is 11.9 Å². The van der Waals surface area contributed by atoms with E-state index in [-0.39, 0.29) is 37.7 Å². The Bertz CT molecular complexity index is 858. The molecule has 0 aliphatic rings. The van der Waals surface area contributed by atoms with E-state index in [0.717, 1.165) is 70.1 Å². The Balaban J connectivity index is 3.67. The molecule has 0 bridgehead atoms. The van der Waals surface area contributed by atoms with Crippen molar-refractivity contribution in [3.8, 4) is 0 Å². The molecule has 0 heterocycles. The van der Waals surface area contributed by atoms with Crippen molar-refractivity contribution in [2.75, 3.05) is 13.2 Å². The maximum Gasteiger partial charge on any atom is 0.306 e. The normalized spacial score (nSPS) is 13.4. The number of unbranched alkanes of at least 4 members (excludes halogenated alkanes) is 15. The fourth-order valence-electron chi connectivity index (χ4n) is 5.51. The van der Waals surface area contributed by atoms with E-state index >= 15 is 0 Å². The molecule has 6 nitrogen and oxygen atoms in total. The van der Waals surface area contributed by atoms with Crippen LogP contribution in [0.1, 0.15) is 181 Å². The van der Waals surface area contributed by atoms with Crippen LogP contribution in [0.2, 0.25) is 0 Å². The number of allylic oxidation sites excluding steroid dienone is 7. The molecule has 2 N–H and O–H groups in total. The maximum absolute atomic E-state index is 12.1. The molecule has 0 saturated carbocycles. The van der Waals surface area contributed by atoms with Crippen molar-refractivity contribution in [1.82, 2.24) is 0 Å². The van der Waals surface area contributed by atoms with Crippen molar-refractivity contribution in [1.29, 1.82) is 0 Å². The smallest absolute Gasteiger partial charge is 0.306 e. The fraction of sp³-hybridized carbons (Fsp3) is 0.767. The molecule has 6 heteroatoms. The van der Waals surface area contributed by atoms with Crippen molar-refractivity contribution in [3.63, 3.8) is 0 Å². The lowest BCUT2D eigenvalue weighted by Gasteiger charge is -2.15. The number of aliphatic hydroxyl groups excluding tert-OH is 2. The summed E-state index contributed by atoms with van der Waals surface area (Å²) in [5, 5.41) is 19.3. The topological polar surface area (TPSA) is 93.1 Å². The van der Waals surface area contributed by atoms with Gasteiger partial charge in [-0.05, 0) is 50.9 Å². The molecule has 49 heavy (non-hydrogen) atoms. The fourth-order valence-corrected chi connectivity index (χ4v) is 5.51. The molecule has 0 spiro atoms. The van der Waals surface area contributed by atoms with Gasteiger partial charge in [-0.2, -0.15) is 0 Å². The molecule has 0 aromatic heterocycles. The van der Waals surface area contributed by atoms with Crippen molar-refractivity contribution in [2.45, 2.75) is 193 Å². The van der Waals surface area contributed by atoms with Gasteiger partial charge in [-0.1, -0.05) is 172 Å². The number of esters is 2. The second kappa shape index (κ2) is 37.1. The van der Waals surface area contributed by atoms with Crippen LogP contribution in [0, 0.1) is 5.92 Å². The molecule has 0 rings (SSSR count). The van der Waals surface area contributed by atoms with Crippen LogP contribution in [0.5, 0.6) is 0 Å². The first-order valence-corrected chi connectivity index (χ1v) is 20.1. The van der Waals surface area contributed by atoms with Gasteiger partial charge in [-0.25, -0.2) is 0 Å². The first-order chi connectivity index (χ1) is 23.9. The molecule has 0 aliphatic carbocycles. The van der Waals surface area contributed by atoms with Crippen molar-refractivity contribution in [3.05, 3.63) is 48.6 Å². The molecule has 0 radical (unpaired) electrons. The Hall–Kier alpha value is -2.18. The molecule has 0 amide bonds. The minimum atomic E-state index is -0.811. The zero-order chi connectivity index (χ0) is 36.0. The van der Waals surface area contributed by atoms with Gasteiger partial charge < -0.3 is 19.7 Å². The zero-order valence-corrected chi connectivity index (χ0v) is 32.0. The molecule has 0 aromatic rings. The van der Waals surface area contributed by atoms with Crippen LogP contribution in [0.25, 0.3) is 0 Å². The minimum Gasteiger partial charge on any atom is -0.462 e. The lowest BCUT2D eigenvalue weighted by Crippen LogP contribution is -2.28. The molecule has 0 saturated heterocycles. The van der Waals surface area contributed by atoms with Crippen LogP contribution >= 0.6 is 0 Å². The van der Waals surface area contributed by atoms with E-state index in [1.165, 1.54) is 77.0 Å². The summed E-state index contributed by atoms with van der Waals surface area (Å²) in [6, 6.07) is 0. The highest BCUT2D eigenvalue weighted by Crippen LogP contribution is 2.15. The predicted molar refractivity (Wildman–Crippen MR) is 206 cm³/mol. The number of ether oxygens (including phenoxy) is 2. The highest BCUT2D eigenvalue weighted by molar-refractivity contribution is 5.70. The summed E-state index contributed by atoms with van der Waals surface area (Å²) < 4.78 is 10.6. The Morgan fingerprint density at radius 2 is 1.08 bits per heavy atom. The quantitative estimate of drug-likeness (QED) is 0.0391. The molecular weight excluding hydrogens is 612 g/mol. The van der Waals surface area contributed by atoms with E-state index in [0.29, 0.717) is 12.8 Å². The highest BCUT2D eigenvalue weighted by atomic mass is 16.6. The van der Waals surface area contributed by atoms with Crippen LogP contribution in [0.3, 0.4) is 0 Å². The molecule has 284 valence electrons. The number of aliphatic hydroxyl groups is 2. The molecule has 2 atom stereocenters. The van der Waals surface area contributed by atoms with Gasteiger partial charge in [-0.15, -0.1) is 0 Å². The third kappa shape index (κ3) is 36.9. The second-order valence-electron chi connectivity index (χ2n) is 14.0. The minimum absolute atomic E-state index is 0.0977. The van der Waals surface area contributed by atoms with Gasteiger partial charge in [0.2, 0.25) is 0 Å². The average Bonchev–Trinajstić information content (AvgIpc) is 3.08. The van der Waals surface area contributed by atoms with Crippen molar-refractivity contribution in [2.24, 2.45) is 5.92 Å². The van der Waals surface area contributed by atoms with Crippen LogP contribution in [-0.4, -0.2) is 47.6 Å². The van der Waals surface area contributed by atoms with Crippen LogP contribution in [0.4, 0.5) is 0 Å². The monoisotopic (exact) mass is 689 g/mol. The number of carbonyl (C=O) groups excluding carboxylic acids is 2. The van der Waals surface area contributed by atoms with Crippen LogP contribution in [-0.2, 0) is 19.1 Å². The van der Waals surface area contributed by atoms with Gasteiger partial charge in [-0.3, -0.25) is 9.59 Å². The van der Waals surface area contributed by atoms with Gasteiger partial charge in [0.15, 0.2) is 6.10 Å². The van der Waals surface area contributed by atoms with Gasteiger partial charge in [0.1, 0.15) is 6.61 Å². The van der Waals surface area contributed by atoms with E-state index in [4.69, 9.17) is 9.47 Å². The number of rotatable bonds is 35. The van der Waals surface area contributed by atoms with Crippen LogP contribution < -0.4 is 0 Å². The first kappa shape index (κ1) is 46.8. The standard InChI is InChI=1S/C43H76O6/c1-4-5-33-40(45)34-29-25-21-17-13-10-11-15-19-23-27-31-36-43(47)49-41(37-44)38-48-42(46)35-30-26-22-18-14-9-7-6-8-12-16-20-24-28-32-39(2)3/h10-11,17,19,21,23,29,34,39-41,44-45H,4-9,12-16,18,20,22,24-28,30-33,35-38H2,1-3H3/b11-10-,21-17-,23-19-,34-29-/t40-,41+/m1/s1. The molecule has 0 aliphatic heterocycles. The summed E-state index contributed by atoms with van der Waals surface area (Å²) in [5.74, 6) is 0.167. The third-order valence-corrected chi connectivity index (χ3v) is 8.62. The predicted octanol–water partition coefficient (Wildman–Crippen LogP) is 11.4. The summed E-state index contributed by atoms with van der Waals surface area (Å²) >= 11 is 0. The van der Waals surface area contributed by atoms with E-state index in [9.17, 15) is 19.8 Å². The van der Waals surface area contributed by atoms with E-state index in [2.05, 4.69) is 57.2 Å². The Labute approximate surface area is 301 Å². The summed E-state index contributed by atoms with van der Waals surface area (Å²) in [7, 11) is 0. The largest absolute Gasteiger partial charge is 0.462 e. The number of carbonyl (C=O) groups is 2. The van der Waals surface area contributed by atoms with Crippen molar-refractivity contribution < 1.29 is 29.3 Å². The molecule has 0 aromatic carbocycles. The summed E-state index contributed by atoms with van der Waals surface area (Å²) in [5.41, 5.74) is 0. The van der Waals surface area contributed by atoms with Crippen LogP contribution in [0.15, 0.2) is 48.6 Å². The molecular formula is C43H76O6. The summed E-state index contributed by atoms with van der Waals surface area (Å²) in [6.45, 7) is 6.29. The third-order valence-electron chi connectivity index (χ3n) is 8.62. The van der Waals surface area contributed by atoms with E-state index in [1.807, 2.05) is 12.2 Å². The Morgan fingerprint density at radius 3 is 1.61 bits per heavy atom. The van der Waals surface area contributed by atoms with Crippen molar-refractivity contribution >= 4 is 11.9 Å². The molecule has 0 fully saturated rings. The van der Waals surface area contributed by atoms with Gasteiger partial charge in [0.25, 0.3) is 0 Å². The van der Waals surface area contributed by atoms with Gasteiger partial charge in [0.05, 0.1) is 12.7 Å². The Kier molecular flexibility index (Phi) is 35.4. The Morgan fingerprint density at radius 1 is 0.592 bits per heavy atom. The zero-order valence-electron chi connectivity index (χ0n) is 32.0. The molecule has 0 unspecified atom stereocenters. The summed E-state index contributed by atoms with van der Waals surface area (Å²) in [4.78, 5) is 24.2. The maximum atomic E-state index is 12.1. The van der Waals surface area contributed by atoms with E-state index < -0.39 is 6.10 Å².